The van der Waals surface area contributed by atoms with Crippen LogP contribution in [0.15, 0.2) is 121 Å². The summed E-state index contributed by atoms with van der Waals surface area (Å²) >= 11 is 21.2. The fraction of sp³-hybridized carbons (Fsp3) is 0.464. The number of piperidine rings is 3. The Morgan fingerprint density at radius 3 is 1.57 bits per heavy atom. The normalized spacial score (nSPS) is 20.7. The highest BCUT2D eigenvalue weighted by atomic mass is 79.9. The lowest BCUT2D eigenvalue weighted by molar-refractivity contribution is -0.137. The number of alkyl halides is 4. The van der Waals surface area contributed by atoms with Gasteiger partial charge in [0.1, 0.15) is 47.6 Å². The van der Waals surface area contributed by atoms with E-state index < -0.39 is 28.5 Å². The second kappa shape index (κ2) is 32.9. The van der Waals surface area contributed by atoms with Crippen LogP contribution in [0.5, 0.6) is 23.0 Å². The molecule has 0 aromatic heterocycles. The molecule has 3 fully saturated rings. The van der Waals surface area contributed by atoms with E-state index in [1.54, 1.807) is 18.2 Å². The first kappa shape index (κ1) is 64.7. The Hall–Kier alpha value is -3.54. The van der Waals surface area contributed by atoms with E-state index in [0.717, 1.165) is 112 Å². The standard InChI is InChI=1S/C21H23ClF3NO2.C14H20ClNO2.C8H8BrClO.C7H7F.C6H13NO.ClH/c1-20(28-17-7-4-6-16(14-17)21(23,24)25)10-5-11-26(15-20)12-13-27-19-9-3-2-8-18(19)22;1-14(17)7-4-8-16(11-14)9-10-18-13-6-3-2-5-12(13)15;9-5-6-11-8-4-2-1-3-7(8)10;1-6-3-2-4-7(8)5-6;1-6(8)3-2-4-7-5-6;/h2-4,6-9,14H,5,10-13,15H2,1H3;2-3,5-6,17H,4,7-11H2,1H3;1-4H,5-6H2;2-5H,1H3;7-8H,2-5H2,1H3;1H. The number of β-amino-alcohol motifs (C(OH)–C–C–N with tert-alkyl or cyclic N) is 2. The van der Waals surface area contributed by atoms with Crippen molar-refractivity contribution in [2.45, 2.75) is 89.2 Å². The molecule has 410 valence electrons. The van der Waals surface area contributed by atoms with Gasteiger partial charge in [0.15, 0.2) is 0 Å². The molecule has 9 nitrogen and oxygen atoms in total. The highest BCUT2D eigenvalue weighted by Gasteiger charge is 2.35. The van der Waals surface area contributed by atoms with Crippen molar-refractivity contribution in [1.82, 2.24) is 15.1 Å². The fourth-order valence-corrected chi connectivity index (χ4v) is 8.90. The lowest BCUT2D eigenvalue weighted by atomic mass is 9.94. The van der Waals surface area contributed by atoms with Crippen molar-refractivity contribution in [1.29, 1.82) is 0 Å². The average Bonchev–Trinajstić information content (AvgIpc) is 3.33. The van der Waals surface area contributed by atoms with Crippen molar-refractivity contribution in [3.8, 4) is 23.0 Å². The number of hydrogen-bond acceptors (Lipinski definition) is 9. The number of likely N-dealkylation sites (tertiary alicyclic amines) is 2. The molecule has 3 aliphatic heterocycles. The maximum atomic E-state index is 12.9. The van der Waals surface area contributed by atoms with Crippen LogP contribution in [0.4, 0.5) is 17.6 Å². The molecule has 0 saturated carbocycles. The summed E-state index contributed by atoms with van der Waals surface area (Å²) in [6.45, 7) is 15.9. The predicted octanol–water partition coefficient (Wildman–Crippen LogP) is 14.0. The first-order chi connectivity index (χ1) is 34.7. The molecular formula is C56H72BrCl4F4N3O6. The minimum absolute atomic E-state index is 0. The van der Waals surface area contributed by atoms with Gasteiger partial charge in [-0.15, -0.1) is 12.4 Å². The molecule has 0 amide bonds. The lowest BCUT2D eigenvalue weighted by Gasteiger charge is -2.40. The summed E-state index contributed by atoms with van der Waals surface area (Å²) in [4.78, 5) is 4.44. The number of ether oxygens (including phenoxy) is 4. The molecule has 5 aromatic rings. The van der Waals surface area contributed by atoms with Crippen molar-refractivity contribution < 1.29 is 46.7 Å². The van der Waals surface area contributed by atoms with Crippen molar-refractivity contribution in [2.75, 3.05) is 77.5 Å². The number of aliphatic hydroxyl groups is 2. The van der Waals surface area contributed by atoms with Gasteiger partial charge in [0.05, 0.1) is 38.4 Å². The molecule has 3 saturated heterocycles. The van der Waals surface area contributed by atoms with Gasteiger partial charge in [-0.25, -0.2) is 4.39 Å². The average molecular weight is 1180 g/mol. The summed E-state index contributed by atoms with van der Waals surface area (Å²) in [5, 5.41) is 25.1. The van der Waals surface area contributed by atoms with Gasteiger partial charge in [-0.2, -0.15) is 13.2 Å². The second-order valence-electron chi connectivity index (χ2n) is 18.9. The van der Waals surface area contributed by atoms with E-state index in [1.807, 2.05) is 100 Å². The summed E-state index contributed by atoms with van der Waals surface area (Å²) in [5.74, 6) is 2.19. The lowest BCUT2D eigenvalue weighted by Crippen LogP contribution is -2.50. The SMILES string of the molecule is CC1(O)CCCN(CCOc2ccccc2Cl)C1.CC1(O)CCCNC1.CC1(Oc2cccc(C(F)(F)F)c2)CCCN(CCOc2ccccc2Cl)C1.Cc1cccc(F)c1.Cl.Clc1ccccc1OCCBr. The number of nitrogens with one attached hydrogen (secondary N) is 1. The number of halogens is 9. The first-order valence-corrected chi connectivity index (χ1v) is 26.8. The molecular weight excluding hydrogens is 1110 g/mol. The fourth-order valence-electron chi connectivity index (χ4n) is 8.17. The van der Waals surface area contributed by atoms with Gasteiger partial charge in [0.25, 0.3) is 0 Å². The molecule has 8 rings (SSSR count). The van der Waals surface area contributed by atoms with Crippen molar-refractivity contribution in [3.63, 3.8) is 0 Å². The Kier molecular flexibility index (Phi) is 28.8. The molecule has 3 atom stereocenters. The van der Waals surface area contributed by atoms with Gasteiger partial charge in [0.2, 0.25) is 0 Å². The zero-order valence-corrected chi connectivity index (χ0v) is 47.3. The summed E-state index contributed by atoms with van der Waals surface area (Å²) in [5.41, 5.74) is -1.27. The maximum absolute atomic E-state index is 12.9. The van der Waals surface area contributed by atoms with Crippen LogP contribution < -0.4 is 24.3 Å². The first-order valence-electron chi connectivity index (χ1n) is 24.5. The molecule has 0 radical (unpaired) electrons. The van der Waals surface area contributed by atoms with Crippen LogP contribution >= 0.6 is 63.1 Å². The number of para-hydroxylation sites is 3. The van der Waals surface area contributed by atoms with E-state index >= 15 is 0 Å². The summed E-state index contributed by atoms with van der Waals surface area (Å²) in [7, 11) is 0. The van der Waals surface area contributed by atoms with E-state index in [2.05, 4.69) is 31.0 Å². The number of rotatable bonds is 13. The van der Waals surface area contributed by atoms with Crippen molar-refractivity contribution >= 4 is 63.1 Å². The number of hydrogen-bond donors (Lipinski definition) is 3. The van der Waals surface area contributed by atoms with Gasteiger partial charge < -0.3 is 34.5 Å². The van der Waals surface area contributed by atoms with Crippen molar-refractivity contribution in [2.24, 2.45) is 0 Å². The molecule has 74 heavy (non-hydrogen) atoms. The molecule has 0 aliphatic carbocycles. The van der Waals surface area contributed by atoms with Crippen LogP contribution in [0.1, 0.15) is 70.4 Å². The van der Waals surface area contributed by atoms with Crippen molar-refractivity contribution in [3.05, 3.63) is 153 Å². The third-order valence-corrected chi connectivity index (χ3v) is 13.0. The second-order valence-corrected chi connectivity index (χ2v) is 21.0. The number of benzene rings is 5. The van der Waals surface area contributed by atoms with Crippen LogP contribution in [0, 0.1) is 12.7 Å². The highest BCUT2D eigenvalue weighted by Crippen LogP contribution is 2.34. The van der Waals surface area contributed by atoms with Crippen LogP contribution in [-0.4, -0.2) is 114 Å². The molecule has 5 aromatic carbocycles. The van der Waals surface area contributed by atoms with Crippen LogP contribution in [0.2, 0.25) is 15.1 Å². The van der Waals surface area contributed by atoms with Crippen LogP contribution in [0.3, 0.4) is 0 Å². The minimum atomic E-state index is -4.38. The van der Waals surface area contributed by atoms with E-state index in [0.29, 0.717) is 53.7 Å². The highest BCUT2D eigenvalue weighted by molar-refractivity contribution is 9.09. The maximum Gasteiger partial charge on any atom is 0.416 e. The Balaban J connectivity index is 0.000000268. The Morgan fingerprint density at radius 1 is 0.635 bits per heavy atom. The number of aryl methyl sites for hydroxylation is 1. The monoisotopic (exact) mass is 1180 g/mol. The zero-order chi connectivity index (χ0) is 53.3. The summed E-state index contributed by atoms with van der Waals surface area (Å²) in [6, 6.07) is 33.8. The van der Waals surface area contributed by atoms with Gasteiger partial charge in [-0.1, -0.05) is 105 Å². The van der Waals surface area contributed by atoms with Gasteiger partial charge in [-0.3, -0.25) is 9.80 Å². The molecule has 18 heteroatoms. The van der Waals surface area contributed by atoms with E-state index in [1.165, 1.54) is 18.2 Å². The molecule has 3 unspecified atom stereocenters. The van der Waals surface area contributed by atoms with Crippen LogP contribution in [0.25, 0.3) is 0 Å². The van der Waals surface area contributed by atoms with Crippen LogP contribution in [-0.2, 0) is 6.18 Å². The van der Waals surface area contributed by atoms with Gasteiger partial charge in [-0.05, 0) is 158 Å². The topological polar surface area (TPSA) is 95.9 Å². The molecule has 0 bridgehead atoms. The van der Waals surface area contributed by atoms with Gasteiger partial charge >= 0.3 is 6.18 Å². The Labute approximate surface area is 465 Å². The summed E-state index contributed by atoms with van der Waals surface area (Å²) < 4.78 is 73.6. The number of nitrogens with zero attached hydrogens (tertiary/aromatic N) is 2. The molecule has 3 N–H and O–H groups in total. The molecule has 0 spiro atoms. The quantitative estimate of drug-likeness (QED) is 0.0787. The predicted molar refractivity (Wildman–Crippen MR) is 298 cm³/mol. The van der Waals surface area contributed by atoms with E-state index in [-0.39, 0.29) is 24.0 Å². The Morgan fingerprint density at radius 2 is 1.14 bits per heavy atom. The minimum Gasteiger partial charge on any atom is -0.491 e. The third-order valence-electron chi connectivity index (χ3n) is 11.7. The van der Waals surface area contributed by atoms with Gasteiger partial charge in [0, 0.05) is 38.1 Å². The third kappa shape index (κ3) is 25.5. The van der Waals surface area contributed by atoms with E-state index in [9.17, 15) is 27.8 Å². The summed E-state index contributed by atoms with van der Waals surface area (Å²) in [6.07, 6.45) is 1.28. The smallest absolute Gasteiger partial charge is 0.416 e. The Bertz CT molecular complexity index is 2350. The van der Waals surface area contributed by atoms with E-state index in [4.69, 9.17) is 53.8 Å². The largest absolute Gasteiger partial charge is 0.491 e. The molecule has 3 heterocycles. The zero-order valence-electron chi connectivity index (χ0n) is 42.6. The molecule has 3 aliphatic rings.